The summed E-state index contributed by atoms with van der Waals surface area (Å²) in [6, 6.07) is 0.677. The van der Waals surface area contributed by atoms with Crippen LogP contribution in [0.1, 0.15) is 20.3 Å². The fourth-order valence-corrected chi connectivity index (χ4v) is 1.71. The SMILES string of the molecule is CC(C)N1CC[C@@H](OI)C1. The number of nitrogens with zero attached hydrogens (tertiary/aromatic N) is 1. The second kappa shape index (κ2) is 3.88. The molecule has 0 unspecified atom stereocenters. The van der Waals surface area contributed by atoms with Gasteiger partial charge in [-0.25, -0.2) is 0 Å². The first-order valence-corrected chi connectivity index (χ1v) is 4.63. The van der Waals surface area contributed by atoms with Gasteiger partial charge in [0.1, 0.15) is 23.0 Å². The molecule has 0 aromatic heterocycles. The van der Waals surface area contributed by atoms with Crippen LogP contribution in [0.2, 0.25) is 0 Å². The highest BCUT2D eigenvalue weighted by atomic mass is 127. The topological polar surface area (TPSA) is 12.5 Å². The van der Waals surface area contributed by atoms with Crippen LogP contribution in [0.15, 0.2) is 0 Å². The Bertz CT molecular complexity index is 108. The van der Waals surface area contributed by atoms with Crippen molar-refractivity contribution in [2.45, 2.75) is 32.4 Å². The van der Waals surface area contributed by atoms with E-state index in [1.807, 2.05) is 23.0 Å². The van der Waals surface area contributed by atoms with Crippen LogP contribution < -0.4 is 0 Å². The summed E-state index contributed by atoms with van der Waals surface area (Å²) in [4.78, 5) is 2.45. The van der Waals surface area contributed by atoms with Crippen LogP contribution >= 0.6 is 23.0 Å². The van der Waals surface area contributed by atoms with Gasteiger partial charge in [-0.05, 0) is 20.3 Å². The third-order valence-electron chi connectivity index (χ3n) is 2.03. The van der Waals surface area contributed by atoms with Gasteiger partial charge in [0.25, 0.3) is 0 Å². The van der Waals surface area contributed by atoms with Crippen molar-refractivity contribution in [3.05, 3.63) is 0 Å². The quantitative estimate of drug-likeness (QED) is 0.698. The molecule has 3 heteroatoms. The van der Waals surface area contributed by atoms with Gasteiger partial charge in [-0.2, -0.15) is 0 Å². The second-order valence-electron chi connectivity index (χ2n) is 3.09. The molecule has 10 heavy (non-hydrogen) atoms. The molecule has 1 rings (SSSR count). The van der Waals surface area contributed by atoms with Crippen LogP contribution in [-0.2, 0) is 3.07 Å². The molecule has 0 spiro atoms. The smallest absolute Gasteiger partial charge is 0.110 e. The molecule has 0 amide bonds. The molecule has 0 aromatic carbocycles. The van der Waals surface area contributed by atoms with E-state index in [-0.39, 0.29) is 0 Å². The Hall–Kier alpha value is 0.650. The fourth-order valence-electron chi connectivity index (χ4n) is 1.30. The van der Waals surface area contributed by atoms with Crippen LogP contribution in [0.5, 0.6) is 0 Å². The maximum Gasteiger partial charge on any atom is 0.110 e. The third kappa shape index (κ3) is 2.07. The van der Waals surface area contributed by atoms with E-state index >= 15 is 0 Å². The number of likely N-dealkylation sites (tertiary alicyclic amines) is 1. The number of rotatable bonds is 2. The van der Waals surface area contributed by atoms with E-state index in [2.05, 4.69) is 18.7 Å². The van der Waals surface area contributed by atoms with E-state index in [1.54, 1.807) is 0 Å². The highest BCUT2D eigenvalue weighted by Gasteiger charge is 2.23. The molecule has 0 aromatic rings. The van der Waals surface area contributed by atoms with Gasteiger partial charge in [0, 0.05) is 19.1 Å². The lowest BCUT2D eigenvalue weighted by Gasteiger charge is -2.19. The van der Waals surface area contributed by atoms with Crippen molar-refractivity contribution in [2.24, 2.45) is 0 Å². The maximum absolute atomic E-state index is 5.22. The summed E-state index contributed by atoms with van der Waals surface area (Å²) >= 11 is 2.00. The van der Waals surface area contributed by atoms with Crippen molar-refractivity contribution in [1.82, 2.24) is 4.90 Å². The zero-order valence-electron chi connectivity index (χ0n) is 6.51. The zero-order chi connectivity index (χ0) is 7.56. The van der Waals surface area contributed by atoms with Crippen molar-refractivity contribution < 1.29 is 3.07 Å². The van der Waals surface area contributed by atoms with Crippen LogP contribution in [0, 0.1) is 0 Å². The molecule has 1 atom stereocenters. The van der Waals surface area contributed by atoms with Gasteiger partial charge in [-0.15, -0.1) is 0 Å². The first-order valence-electron chi connectivity index (χ1n) is 3.75. The third-order valence-corrected chi connectivity index (χ3v) is 2.75. The van der Waals surface area contributed by atoms with Gasteiger partial charge in [0.05, 0.1) is 6.10 Å². The van der Waals surface area contributed by atoms with E-state index < -0.39 is 0 Å². The molecule has 0 aliphatic carbocycles. The lowest BCUT2D eigenvalue weighted by molar-refractivity contribution is 0.231. The summed E-state index contributed by atoms with van der Waals surface area (Å²) in [6.07, 6.45) is 1.67. The molecule has 2 nitrogen and oxygen atoms in total. The van der Waals surface area contributed by atoms with E-state index in [0.717, 1.165) is 6.54 Å². The Morgan fingerprint density at radius 2 is 2.30 bits per heavy atom. The molecule has 0 bridgehead atoms. The molecule has 60 valence electrons. The predicted molar refractivity (Wildman–Crippen MR) is 50.2 cm³/mol. The minimum Gasteiger partial charge on any atom is -0.311 e. The summed E-state index contributed by atoms with van der Waals surface area (Å²) in [5, 5.41) is 0. The van der Waals surface area contributed by atoms with Crippen LogP contribution in [-0.4, -0.2) is 30.1 Å². The summed E-state index contributed by atoms with van der Waals surface area (Å²) in [5.41, 5.74) is 0. The van der Waals surface area contributed by atoms with Gasteiger partial charge in [0.15, 0.2) is 0 Å². The van der Waals surface area contributed by atoms with Crippen LogP contribution in [0.3, 0.4) is 0 Å². The predicted octanol–water partition coefficient (Wildman–Crippen LogP) is 1.84. The summed E-state index contributed by atoms with van der Waals surface area (Å²) < 4.78 is 5.22. The Morgan fingerprint density at radius 3 is 2.60 bits per heavy atom. The minimum absolute atomic E-state index is 0.475. The molecule has 1 aliphatic rings. The van der Waals surface area contributed by atoms with Crippen molar-refractivity contribution in [3.63, 3.8) is 0 Å². The largest absolute Gasteiger partial charge is 0.311 e. The normalized spacial score (nSPS) is 28.2. The molecule has 1 saturated heterocycles. The van der Waals surface area contributed by atoms with E-state index in [9.17, 15) is 0 Å². The molecule has 1 heterocycles. The van der Waals surface area contributed by atoms with Crippen LogP contribution in [0.25, 0.3) is 0 Å². The van der Waals surface area contributed by atoms with E-state index in [1.165, 1.54) is 13.0 Å². The van der Waals surface area contributed by atoms with E-state index in [0.29, 0.717) is 12.1 Å². The summed E-state index contributed by atoms with van der Waals surface area (Å²) in [5.74, 6) is 0. The monoisotopic (exact) mass is 255 g/mol. The van der Waals surface area contributed by atoms with Crippen molar-refractivity contribution in [2.75, 3.05) is 13.1 Å². The molecule has 1 fully saturated rings. The second-order valence-corrected chi connectivity index (χ2v) is 3.60. The molecule has 1 aliphatic heterocycles. The maximum atomic E-state index is 5.22. The number of hydrogen-bond donors (Lipinski definition) is 0. The van der Waals surface area contributed by atoms with Crippen molar-refractivity contribution in [1.29, 1.82) is 0 Å². The summed E-state index contributed by atoms with van der Waals surface area (Å²) in [6.45, 7) is 6.77. The lowest BCUT2D eigenvalue weighted by Crippen LogP contribution is -2.29. The average Bonchev–Trinajstić information content (AvgIpc) is 2.34. The Morgan fingerprint density at radius 1 is 1.60 bits per heavy atom. The Labute approximate surface area is 76.6 Å². The molecular formula is C7H14INO. The lowest BCUT2D eigenvalue weighted by atomic mass is 10.3. The number of hydrogen-bond acceptors (Lipinski definition) is 2. The van der Waals surface area contributed by atoms with Crippen molar-refractivity contribution >= 4 is 23.0 Å². The van der Waals surface area contributed by atoms with E-state index in [4.69, 9.17) is 3.07 Å². The minimum atomic E-state index is 0.475. The molecule has 0 saturated carbocycles. The highest BCUT2D eigenvalue weighted by molar-refractivity contribution is 14.1. The van der Waals surface area contributed by atoms with Gasteiger partial charge in [-0.3, -0.25) is 4.90 Å². The van der Waals surface area contributed by atoms with Crippen LogP contribution in [0.4, 0.5) is 0 Å². The van der Waals surface area contributed by atoms with Gasteiger partial charge < -0.3 is 3.07 Å². The van der Waals surface area contributed by atoms with Gasteiger partial charge in [0.2, 0.25) is 0 Å². The van der Waals surface area contributed by atoms with Gasteiger partial charge in [-0.1, -0.05) is 0 Å². The molecular weight excluding hydrogens is 241 g/mol. The Balaban J connectivity index is 2.28. The standard InChI is InChI=1S/C7H14INO/c1-6(2)9-4-3-7(5-9)10-8/h6-7H,3-5H2,1-2H3/t7-/m1/s1. The fraction of sp³-hybridized carbons (Fsp3) is 1.00. The Kier molecular flexibility index (Phi) is 3.39. The highest BCUT2D eigenvalue weighted by Crippen LogP contribution is 2.16. The first-order chi connectivity index (χ1) is 4.74. The summed E-state index contributed by atoms with van der Waals surface area (Å²) in [7, 11) is 0. The molecule has 0 N–H and O–H groups in total. The number of halogens is 1. The van der Waals surface area contributed by atoms with Gasteiger partial charge >= 0.3 is 0 Å². The first kappa shape index (κ1) is 8.74. The zero-order valence-corrected chi connectivity index (χ0v) is 8.67. The molecule has 0 radical (unpaired) electrons. The average molecular weight is 255 g/mol. The van der Waals surface area contributed by atoms with Crippen molar-refractivity contribution in [3.8, 4) is 0 Å².